The zero-order valence-electron chi connectivity index (χ0n) is 19.3. The molecule has 9 heteroatoms. The van der Waals surface area contributed by atoms with Gasteiger partial charge in [0.15, 0.2) is 0 Å². The molecule has 0 saturated heterocycles. The smallest absolute Gasteiger partial charge is 0.328 e. The Labute approximate surface area is 201 Å². The van der Waals surface area contributed by atoms with Gasteiger partial charge in [0, 0.05) is 43.9 Å². The van der Waals surface area contributed by atoms with Crippen LogP contribution in [0.5, 0.6) is 0 Å². The third-order valence-corrected chi connectivity index (χ3v) is 5.08. The fraction of sp³-hybridized carbons (Fsp3) is 0.609. The molecule has 180 valence electrons. The molecule has 7 nitrogen and oxygen atoms in total. The summed E-state index contributed by atoms with van der Waals surface area (Å²) in [4.78, 5) is 39.0. The summed E-state index contributed by atoms with van der Waals surface area (Å²) in [6, 6.07) is 6.12. The molecular weight excluding hydrogens is 453 g/mol. The third-order valence-electron chi connectivity index (χ3n) is 4.74. The van der Waals surface area contributed by atoms with Gasteiger partial charge in [-0.25, -0.2) is 4.79 Å². The molecule has 0 unspecified atom stereocenters. The summed E-state index contributed by atoms with van der Waals surface area (Å²) in [5, 5.41) is 5.43. The van der Waals surface area contributed by atoms with Gasteiger partial charge in [-0.15, -0.1) is 23.2 Å². The lowest BCUT2D eigenvalue weighted by atomic mass is 10.0. The molecule has 1 aromatic carbocycles. The van der Waals surface area contributed by atoms with Gasteiger partial charge >= 0.3 is 5.97 Å². The predicted octanol–water partition coefficient (Wildman–Crippen LogP) is 3.11. The van der Waals surface area contributed by atoms with Gasteiger partial charge in [-0.1, -0.05) is 26.0 Å². The summed E-state index contributed by atoms with van der Waals surface area (Å²) in [5.74, 6) is -0.0494. The van der Waals surface area contributed by atoms with Crippen LogP contribution in [-0.2, 0) is 25.5 Å². The number of rotatable bonds is 14. The molecule has 2 amide bonds. The highest BCUT2D eigenvalue weighted by Gasteiger charge is 2.27. The fourth-order valence-corrected chi connectivity index (χ4v) is 3.72. The average Bonchev–Trinajstić information content (AvgIpc) is 2.72. The highest BCUT2D eigenvalue weighted by Crippen LogP contribution is 2.17. The number of nitrogens with one attached hydrogen (secondary N) is 2. The van der Waals surface area contributed by atoms with Crippen molar-refractivity contribution in [2.45, 2.75) is 52.6 Å². The van der Waals surface area contributed by atoms with E-state index in [1.807, 2.05) is 38.1 Å². The minimum absolute atomic E-state index is 0.190. The Morgan fingerprint density at radius 1 is 1.00 bits per heavy atom. The minimum Gasteiger partial charge on any atom is -0.464 e. The van der Waals surface area contributed by atoms with Gasteiger partial charge in [-0.05, 0) is 37.0 Å². The molecule has 0 aliphatic rings. The van der Waals surface area contributed by atoms with Crippen LogP contribution < -0.4 is 15.5 Å². The van der Waals surface area contributed by atoms with Gasteiger partial charge in [0.05, 0.1) is 6.61 Å². The van der Waals surface area contributed by atoms with Crippen molar-refractivity contribution in [2.24, 2.45) is 5.92 Å². The summed E-state index contributed by atoms with van der Waals surface area (Å²) in [7, 11) is 0. The number of amides is 2. The standard InChI is InChI=1S/C23H35Cl2N3O4/c1-5-32-23(31)21(27-22(30)20(14-16(2)3)26-17(4)29)15-18-6-8-19(9-7-18)28(12-10-24)13-11-25/h6-9,16,20-21H,5,10-15H2,1-4H3,(H,26,29)(H,27,30)/t20-,21+/m1/s1. The van der Waals surface area contributed by atoms with E-state index in [0.717, 1.165) is 11.3 Å². The van der Waals surface area contributed by atoms with E-state index >= 15 is 0 Å². The van der Waals surface area contributed by atoms with Crippen molar-refractivity contribution in [3.8, 4) is 0 Å². The van der Waals surface area contributed by atoms with Crippen LogP contribution in [0.4, 0.5) is 5.69 Å². The second-order valence-corrected chi connectivity index (χ2v) is 8.69. The SMILES string of the molecule is CCOC(=O)[C@H](Cc1ccc(N(CCCl)CCCl)cc1)NC(=O)[C@@H](CC(C)C)NC(C)=O. The normalized spacial score (nSPS) is 12.7. The number of alkyl halides is 2. The first-order chi connectivity index (χ1) is 15.2. The van der Waals surface area contributed by atoms with Gasteiger partial charge < -0.3 is 20.3 Å². The Balaban J connectivity index is 2.98. The lowest BCUT2D eigenvalue weighted by Crippen LogP contribution is -2.52. The largest absolute Gasteiger partial charge is 0.464 e. The van der Waals surface area contributed by atoms with Crippen LogP contribution in [0.2, 0.25) is 0 Å². The van der Waals surface area contributed by atoms with Crippen LogP contribution in [0.1, 0.15) is 39.7 Å². The van der Waals surface area contributed by atoms with Crippen molar-refractivity contribution in [3.63, 3.8) is 0 Å². The second-order valence-electron chi connectivity index (χ2n) is 7.93. The van der Waals surface area contributed by atoms with E-state index in [4.69, 9.17) is 27.9 Å². The third kappa shape index (κ3) is 10.1. The first-order valence-corrected chi connectivity index (χ1v) is 12.0. The topological polar surface area (TPSA) is 87.7 Å². The van der Waals surface area contributed by atoms with Crippen LogP contribution in [0, 0.1) is 5.92 Å². The van der Waals surface area contributed by atoms with Gasteiger partial charge in [0.1, 0.15) is 12.1 Å². The number of hydrogen-bond donors (Lipinski definition) is 2. The quantitative estimate of drug-likeness (QED) is 0.311. The minimum atomic E-state index is -0.862. The molecule has 32 heavy (non-hydrogen) atoms. The number of ether oxygens (including phenoxy) is 1. The predicted molar refractivity (Wildman–Crippen MR) is 129 cm³/mol. The maximum Gasteiger partial charge on any atom is 0.328 e. The average molecular weight is 488 g/mol. The van der Waals surface area contributed by atoms with E-state index < -0.39 is 24.0 Å². The molecule has 0 bridgehead atoms. The van der Waals surface area contributed by atoms with Gasteiger partial charge in [0.25, 0.3) is 0 Å². The van der Waals surface area contributed by atoms with Crippen LogP contribution in [0.15, 0.2) is 24.3 Å². The highest BCUT2D eigenvalue weighted by atomic mass is 35.5. The van der Waals surface area contributed by atoms with E-state index in [9.17, 15) is 14.4 Å². The number of anilines is 1. The molecule has 0 aliphatic carbocycles. The Morgan fingerprint density at radius 3 is 2.06 bits per heavy atom. The van der Waals surface area contributed by atoms with E-state index in [0.29, 0.717) is 31.3 Å². The molecule has 0 fully saturated rings. The summed E-state index contributed by atoms with van der Waals surface area (Å²) in [5.41, 5.74) is 1.85. The van der Waals surface area contributed by atoms with Gasteiger partial charge in [0.2, 0.25) is 11.8 Å². The number of hydrogen-bond acceptors (Lipinski definition) is 5. The van der Waals surface area contributed by atoms with Crippen LogP contribution >= 0.6 is 23.2 Å². The van der Waals surface area contributed by atoms with Crippen LogP contribution in [0.25, 0.3) is 0 Å². The van der Waals surface area contributed by atoms with Crippen molar-refractivity contribution in [3.05, 3.63) is 29.8 Å². The molecule has 0 radical (unpaired) electrons. The molecule has 0 heterocycles. The maximum atomic E-state index is 12.8. The molecule has 0 spiro atoms. The number of esters is 1. The number of nitrogens with zero attached hydrogens (tertiary/aromatic N) is 1. The first kappa shape index (κ1) is 28.0. The summed E-state index contributed by atoms with van der Waals surface area (Å²) in [6.45, 7) is 8.56. The van der Waals surface area contributed by atoms with E-state index in [2.05, 4.69) is 15.5 Å². The zero-order valence-corrected chi connectivity index (χ0v) is 20.8. The molecular formula is C23H35Cl2N3O4. The lowest BCUT2D eigenvalue weighted by molar-refractivity contribution is -0.147. The van der Waals surface area contributed by atoms with Crippen molar-refractivity contribution in [2.75, 3.05) is 36.4 Å². The molecule has 2 atom stereocenters. The van der Waals surface area contributed by atoms with E-state index in [1.165, 1.54) is 6.92 Å². The van der Waals surface area contributed by atoms with E-state index in [-0.39, 0.29) is 24.9 Å². The molecule has 0 aliphatic heterocycles. The molecule has 2 N–H and O–H groups in total. The summed E-state index contributed by atoms with van der Waals surface area (Å²) >= 11 is 11.8. The first-order valence-electron chi connectivity index (χ1n) is 10.9. The Bertz CT molecular complexity index is 722. The van der Waals surface area contributed by atoms with Crippen molar-refractivity contribution < 1.29 is 19.1 Å². The van der Waals surface area contributed by atoms with Crippen molar-refractivity contribution in [1.29, 1.82) is 0 Å². The maximum absolute atomic E-state index is 12.8. The zero-order chi connectivity index (χ0) is 24.1. The Kier molecular flexibility index (Phi) is 13.1. The number of halogens is 2. The van der Waals surface area contributed by atoms with Gasteiger partial charge in [-0.3, -0.25) is 9.59 Å². The van der Waals surface area contributed by atoms with Crippen molar-refractivity contribution in [1.82, 2.24) is 10.6 Å². The lowest BCUT2D eigenvalue weighted by Gasteiger charge is -2.24. The Hall–Kier alpha value is -1.99. The monoisotopic (exact) mass is 487 g/mol. The number of benzene rings is 1. The van der Waals surface area contributed by atoms with Crippen LogP contribution in [0.3, 0.4) is 0 Å². The highest BCUT2D eigenvalue weighted by molar-refractivity contribution is 6.18. The molecule has 0 aromatic heterocycles. The molecule has 1 rings (SSSR count). The second kappa shape index (κ2) is 15.0. The molecule has 0 saturated carbocycles. The number of carbonyl (C=O) groups is 3. The Morgan fingerprint density at radius 2 is 1.59 bits per heavy atom. The summed E-state index contributed by atoms with van der Waals surface area (Å²) in [6.07, 6.45) is 0.733. The number of carbonyl (C=O) groups excluding carboxylic acids is 3. The molecule has 1 aromatic rings. The van der Waals surface area contributed by atoms with E-state index in [1.54, 1.807) is 6.92 Å². The van der Waals surface area contributed by atoms with Crippen molar-refractivity contribution >= 4 is 46.7 Å². The fourth-order valence-electron chi connectivity index (χ4n) is 3.31. The van der Waals surface area contributed by atoms with Gasteiger partial charge in [-0.2, -0.15) is 0 Å². The summed E-state index contributed by atoms with van der Waals surface area (Å²) < 4.78 is 5.17. The van der Waals surface area contributed by atoms with Crippen LogP contribution in [-0.4, -0.2) is 61.3 Å².